The minimum absolute atomic E-state index is 0.151. The van der Waals surface area contributed by atoms with Crippen molar-refractivity contribution in [3.8, 4) is 5.75 Å². The number of likely N-dealkylation sites (tertiary alicyclic amines) is 1. The number of carbonyl (C=O) groups excluding carboxylic acids is 2. The van der Waals surface area contributed by atoms with Gasteiger partial charge in [0.25, 0.3) is 5.91 Å². The molecule has 0 radical (unpaired) electrons. The first-order valence-corrected chi connectivity index (χ1v) is 10.7. The summed E-state index contributed by atoms with van der Waals surface area (Å²) < 4.78 is 23.8. The Balaban J connectivity index is 1.53. The number of esters is 1. The summed E-state index contributed by atoms with van der Waals surface area (Å²) in [7, 11) is 0. The molecule has 1 fully saturated rings. The van der Waals surface area contributed by atoms with Crippen molar-refractivity contribution in [1.29, 1.82) is 0 Å². The summed E-state index contributed by atoms with van der Waals surface area (Å²) in [5, 5.41) is 2.17. The van der Waals surface area contributed by atoms with Gasteiger partial charge in [0, 0.05) is 18.0 Å². The molecule has 1 aromatic carbocycles. The molecule has 0 N–H and O–H groups in total. The van der Waals surface area contributed by atoms with Gasteiger partial charge in [-0.25, -0.2) is 14.2 Å². The van der Waals surface area contributed by atoms with E-state index in [0.29, 0.717) is 17.3 Å². The molecule has 1 aromatic heterocycles. The molecule has 1 amide bonds. The Morgan fingerprint density at radius 3 is 2.79 bits per heavy atom. The Morgan fingerprint density at radius 1 is 1.31 bits per heavy atom. The fourth-order valence-corrected chi connectivity index (χ4v) is 4.04. The Hall–Kier alpha value is -2.48. The lowest BCUT2D eigenvalue weighted by atomic mass is 9.99. The zero-order valence-electron chi connectivity index (χ0n) is 16.6. The van der Waals surface area contributed by atoms with Gasteiger partial charge < -0.3 is 14.4 Å². The molecule has 29 heavy (non-hydrogen) atoms. The van der Waals surface area contributed by atoms with Crippen molar-refractivity contribution in [2.75, 3.05) is 6.54 Å². The Morgan fingerprint density at radius 2 is 2.07 bits per heavy atom. The minimum atomic E-state index is -0.852. The van der Waals surface area contributed by atoms with Crippen LogP contribution in [-0.4, -0.2) is 40.5 Å². The predicted octanol–water partition coefficient (Wildman–Crippen LogP) is 4.20. The number of nitrogens with zero attached hydrogens (tertiary/aromatic N) is 2. The zero-order valence-corrected chi connectivity index (χ0v) is 17.4. The summed E-state index contributed by atoms with van der Waals surface area (Å²) in [6.45, 7) is 4.54. The molecule has 3 rings (SSSR count). The average Bonchev–Trinajstić information content (AvgIpc) is 3.22. The van der Waals surface area contributed by atoms with Crippen LogP contribution < -0.4 is 4.74 Å². The molecule has 2 atom stereocenters. The number of ether oxygens (including phenoxy) is 2. The maximum atomic E-state index is 12.9. The van der Waals surface area contributed by atoms with Gasteiger partial charge in [0.15, 0.2) is 11.8 Å². The molecule has 6 nitrogen and oxygen atoms in total. The number of amides is 1. The average molecular weight is 421 g/mol. The third-order valence-corrected chi connectivity index (χ3v) is 5.77. The van der Waals surface area contributed by atoms with Crippen LogP contribution in [-0.2, 0) is 16.1 Å². The monoisotopic (exact) mass is 420 g/mol. The van der Waals surface area contributed by atoms with Gasteiger partial charge in [0.2, 0.25) is 0 Å². The van der Waals surface area contributed by atoms with Gasteiger partial charge in [-0.3, -0.25) is 4.79 Å². The maximum absolute atomic E-state index is 12.9. The summed E-state index contributed by atoms with van der Waals surface area (Å²) in [5.41, 5.74) is 0.151. The Labute approximate surface area is 173 Å². The van der Waals surface area contributed by atoms with Crippen LogP contribution in [0.1, 0.15) is 55.0 Å². The summed E-state index contributed by atoms with van der Waals surface area (Å²) in [4.78, 5) is 31.2. The van der Waals surface area contributed by atoms with Crippen LogP contribution in [0.2, 0.25) is 0 Å². The minimum Gasteiger partial charge on any atom is -0.486 e. The molecule has 0 aliphatic carbocycles. The van der Waals surface area contributed by atoms with Gasteiger partial charge in [-0.15, -0.1) is 11.3 Å². The van der Waals surface area contributed by atoms with Crippen molar-refractivity contribution in [1.82, 2.24) is 9.88 Å². The van der Waals surface area contributed by atoms with Crippen molar-refractivity contribution in [3.05, 3.63) is 46.2 Å². The molecule has 2 aromatic rings. The number of thiazole rings is 1. The number of halogens is 1. The lowest BCUT2D eigenvalue weighted by molar-refractivity contribution is -0.143. The second-order valence-corrected chi connectivity index (χ2v) is 7.95. The van der Waals surface area contributed by atoms with Crippen LogP contribution in [0.25, 0.3) is 0 Å². The lowest BCUT2D eigenvalue weighted by Gasteiger charge is -2.36. The number of hydrogen-bond donors (Lipinski definition) is 0. The van der Waals surface area contributed by atoms with E-state index in [1.807, 2.05) is 4.90 Å². The van der Waals surface area contributed by atoms with E-state index in [4.69, 9.17) is 9.47 Å². The number of carbonyl (C=O) groups is 2. The Bertz CT molecular complexity index is 839. The highest BCUT2D eigenvalue weighted by molar-refractivity contribution is 7.09. The molecule has 8 heteroatoms. The molecule has 1 aliphatic rings. The van der Waals surface area contributed by atoms with Crippen molar-refractivity contribution in [3.63, 3.8) is 0 Å². The highest BCUT2D eigenvalue weighted by Crippen LogP contribution is 2.21. The van der Waals surface area contributed by atoms with Crippen molar-refractivity contribution >= 4 is 23.2 Å². The highest BCUT2D eigenvalue weighted by atomic mass is 32.1. The number of rotatable bonds is 7. The third-order valence-electron chi connectivity index (χ3n) is 4.95. The topological polar surface area (TPSA) is 68.7 Å². The molecule has 1 saturated heterocycles. The third kappa shape index (κ3) is 5.53. The molecule has 0 saturated carbocycles. The van der Waals surface area contributed by atoms with E-state index >= 15 is 0 Å². The molecular weight excluding hydrogens is 395 g/mol. The summed E-state index contributed by atoms with van der Waals surface area (Å²) in [6.07, 6.45) is 3.14. The number of piperidine rings is 1. The second-order valence-electron chi connectivity index (χ2n) is 7.01. The summed E-state index contributed by atoms with van der Waals surface area (Å²) in [5.74, 6) is -0.604. The molecule has 0 bridgehead atoms. The van der Waals surface area contributed by atoms with Crippen LogP contribution in [0.3, 0.4) is 0 Å². The number of benzene rings is 1. The van der Waals surface area contributed by atoms with E-state index in [1.54, 1.807) is 12.3 Å². The molecule has 1 aliphatic heterocycles. The van der Waals surface area contributed by atoms with Gasteiger partial charge in [0.05, 0.1) is 0 Å². The first-order chi connectivity index (χ1) is 14.0. The smallest absolute Gasteiger partial charge is 0.358 e. The largest absolute Gasteiger partial charge is 0.486 e. The SMILES string of the molecule is CC[C@@H]1CCCCN1C(=O)[C@@H](C)OC(=O)c1csc(COc2ccc(F)cc2)n1. The van der Waals surface area contributed by atoms with Crippen molar-refractivity contribution in [2.24, 2.45) is 0 Å². The second kappa shape index (κ2) is 9.82. The Kier molecular flexibility index (Phi) is 7.19. The van der Waals surface area contributed by atoms with Crippen molar-refractivity contribution < 1.29 is 23.5 Å². The van der Waals surface area contributed by atoms with Crippen molar-refractivity contribution in [2.45, 2.75) is 58.3 Å². The molecule has 156 valence electrons. The standard InChI is InChI=1S/C21H25FN2O4S/c1-3-16-6-4-5-11-24(16)20(25)14(2)28-21(26)18-13-29-19(23-18)12-27-17-9-7-15(22)8-10-17/h7-10,13-14,16H,3-6,11-12H2,1-2H3/t14-,16-/m1/s1. The van der Waals surface area contributed by atoms with Crippen LogP contribution in [0, 0.1) is 5.82 Å². The quantitative estimate of drug-likeness (QED) is 0.628. The maximum Gasteiger partial charge on any atom is 0.358 e. The van der Waals surface area contributed by atoms with Gasteiger partial charge in [-0.2, -0.15) is 0 Å². The van der Waals surface area contributed by atoms with E-state index in [9.17, 15) is 14.0 Å². The van der Waals surface area contributed by atoms with Gasteiger partial charge in [-0.1, -0.05) is 6.92 Å². The predicted molar refractivity (Wildman–Crippen MR) is 107 cm³/mol. The van der Waals surface area contributed by atoms with Crippen LogP contribution in [0.5, 0.6) is 5.75 Å². The van der Waals surface area contributed by atoms with Gasteiger partial charge in [0.1, 0.15) is 23.2 Å². The molecule has 0 unspecified atom stereocenters. The van der Waals surface area contributed by atoms with E-state index in [-0.39, 0.29) is 30.1 Å². The van der Waals surface area contributed by atoms with Gasteiger partial charge in [-0.05, 0) is 56.9 Å². The first-order valence-electron chi connectivity index (χ1n) is 9.82. The first kappa shape index (κ1) is 21.2. The summed E-state index contributed by atoms with van der Waals surface area (Å²) >= 11 is 1.26. The molecular formula is C21H25FN2O4S. The highest BCUT2D eigenvalue weighted by Gasteiger charge is 2.31. The van der Waals surface area contributed by atoms with Gasteiger partial charge >= 0.3 is 5.97 Å². The van der Waals surface area contributed by atoms with E-state index in [1.165, 1.54) is 35.6 Å². The lowest BCUT2D eigenvalue weighted by Crippen LogP contribution is -2.48. The van der Waals surface area contributed by atoms with Crippen LogP contribution in [0.4, 0.5) is 4.39 Å². The molecule has 0 spiro atoms. The van der Waals surface area contributed by atoms with E-state index in [0.717, 1.165) is 25.7 Å². The zero-order chi connectivity index (χ0) is 20.8. The van der Waals surface area contributed by atoms with Crippen LogP contribution >= 0.6 is 11.3 Å². The molecule has 2 heterocycles. The van der Waals surface area contributed by atoms with E-state index in [2.05, 4.69) is 11.9 Å². The number of hydrogen-bond acceptors (Lipinski definition) is 6. The van der Waals surface area contributed by atoms with E-state index < -0.39 is 12.1 Å². The fourth-order valence-electron chi connectivity index (χ4n) is 3.37. The summed E-state index contributed by atoms with van der Waals surface area (Å²) in [6, 6.07) is 5.88. The van der Waals surface area contributed by atoms with Crippen LogP contribution in [0.15, 0.2) is 29.6 Å². The number of aromatic nitrogens is 1. The normalized spacial score (nSPS) is 17.6. The fraction of sp³-hybridized carbons (Fsp3) is 0.476.